The van der Waals surface area contributed by atoms with Gasteiger partial charge < -0.3 is 49.8 Å². The zero-order valence-electron chi connectivity index (χ0n) is 24.2. The molecule has 0 bridgehead atoms. The zero-order valence-corrected chi connectivity index (χ0v) is 28.0. The molecule has 0 aliphatic carbocycles. The molecule has 0 atom stereocenters. The molecule has 7 nitrogen and oxygen atoms in total. The van der Waals surface area contributed by atoms with Gasteiger partial charge in [0.1, 0.15) is 0 Å². The smallest absolute Gasteiger partial charge is 0.0628 e. The summed E-state index contributed by atoms with van der Waals surface area (Å²) >= 11 is 10.5. The van der Waals surface area contributed by atoms with E-state index in [1.165, 1.54) is 5.69 Å². The predicted molar refractivity (Wildman–Crippen MR) is 179 cm³/mol. The van der Waals surface area contributed by atoms with E-state index >= 15 is 0 Å². The summed E-state index contributed by atoms with van der Waals surface area (Å²) in [6, 6.07) is 25.3. The molecule has 1 heterocycles. The Labute approximate surface area is 272 Å². The van der Waals surface area contributed by atoms with Gasteiger partial charge in [0.05, 0.1) is 24.5 Å². The van der Waals surface area contributed by atoms with E-state index in [-0.39, 0.29) is 27.1 Å². The molecule has 10 heteroatoms. The fraction of sp³-hybridized carbons (Fsp3) is 0.355. The standard InChI is InChI=1S/C31H41N7S2.Au/c1-34(2)27-9-5-25(6-10-27)32-17-19-36(20-18-33-26-7-11-28(12-8-26)35(3)4)29-13-15-30(16-14-29)37-21-23-38(24-22-37)31(39)40;/h5-18,31,39-40H,19-24H2,1-4H3;/p-2. The van der Waals surface area contributed by atoms with Crippen LogP contribution in [0.5, 0.6) is 0 Å². The van der Waals surface area contributed by atoms with Crippen molar-refractivity contribution in [2.24, 2.45) is 9.98 Å². The molecular weight excluding hydrogens is 731 g/mol. The van der Waals surface area contributed by atoms with Crippen LogP contribution in [0.3, 0.4) is 0 Å². The van der Waals surface area contributed by atoms with Crippen LogP contribution in [0.2, 0.25) is 0 Å². The van der Waals surface area contributed by atoms with E-state index in [1.54, 1.807) is 0 Å². The first-order chi connectivity index (χ1) is 19.3. The summed E-state index contributed by atoms with van der Waals surface area (Å²) < 4.78 is -0.224. The van der Waals surface area contributed by atoms with Gasteiger partial charge in [0.15, 0.2) is 0 Å². The van der Waals surface area contributed by atoms with E-state index in [0.29, 0.717) is 13.1 Å². The van der Waals surface area contributed by atoms with Crippen molar-refractivity contribution in [1.82, 2.24) is 4.90 Å². The van der Waals surface area contributed by atoms with Gasteiger partial charge in [0, 0.05) is 112 Å². The Hall–Kier alpha value is -2.40. The normalized spacial score (nSPS) is 14.1. The number of anilines is 4. The molecule has 1 aliphatic heterocycles. The van der Waals surface area contributed by atoms with Gasteiger partial charge in [-0.3, -0.25) is 9.98 Å². The molecule has 0 N–H and O–H groups in total. The Morgan fingerprint density at radius 1 is 0.659 bits per heavy atom. The fourth-order valence-electron chi connectivity index (χ4n) is 4.51. The van der Waals surface area contributed by atoms with Gasteiger partial charge in [-0.05, 0) is 72.8 Å². The van der Waals surface area contributed by atoms with Crippen LogP contribution in [-0.2, 0) is 47.6 Å². The second-order valence-corrected chi connectivity index (χ2v) is 11.4. The maximum atomic E-state index is 5.26. The van der Waals surface area contributed by atoms with Crippen LogP contribution in [0.15, 0.2) is 82.8 Å². The van der Waals surface area contributed by atoms with E-state index in [1.807, 2.05) is 64.9 Å². The molecule has 1 radical (unpaired) electrons. The molecule has 3 aromatic rings. The number of nitrogens with zero attached hydrogens (tertiary/aromatic N) is 7. The number of piperazine rings is 1. The minimum absolute atomic E-state index is 0. The summed E-state index contributed by atoms with van der Waals surface area (Å²) in [5, 5.41) is 0. The van der Waals surface area contributed by atoms with Crippen molar-refractivity contribution >= 4 is 71.8 Å². The molecule has 0 spiro atoms. The second kappa shape index (κ2) is 16.3. The van der Waals surface area contributed by atoms with Crippen molar-refractivity contribution in [1.29, 1.82) is 0 Å². The van der Waals surface area contributed by atoms with Gasteiger partial charge in [0.25, 0.3) is 0 Å². The van der Waals surface area contributed by atoms with Crippen molar-refractivity contribution in [3.05, 3.63) is 72.8 Å². The largest absolute Gasteiger partial charge is 0.800 e. The topological polar surface area (TPSA) is 40.9 Å². The van der Waals surface area contributed by atoms with Gasteiger partial charge in [-0.2, -0.15) is 0 Å². The predicted octanol–water partition coefficient (Wildman–Crippen LogP) is 4.93. The number of hydrogen-bond acceptors (Lipinski definition) is 9. The fourth-order valence-corrected chi connectivity index (χ4v) is 4.94. The van der Waals surface area contributed by atoms with E-state index in [4.69, 9.17) is 35.2 Å². The van der Waals surface area contributed by atoms with Crippen LogP contribution < -0.4 is 19.6 Å². The van der Waals surface area contributed by atoms with Crippen molar-refractivity contribution in [2.45, 2.75) is 4.71 Å². The van der Waals surface area contributed by atoms with Gasteiger partial charge >= 0.3 is 0 Å². The van der Waals surface area contributed by atoms with Gasteiger partial charge in [0.2, 0.25) is 0 Å². The summed E-state index contributed by atoms with van der Waals surface area (Å²) in [7, 11) is 8.15. The molecule has 4 rings (SSSR count). The Morgan fingerprint density at radius 2 is 1.07 bits per heavy atom. The van der Waals surface area contributed by atoms with Gasteiger partial charge in [-0.15, -0.1) is 0 Å². The number of benzene rings is 3. The molecule has 1 fully saturated rings. The molecule has 41 heavy (non-hydrogen) atoms. The minimum Gasteiger partial charge on any atom is -0.800 e. The quantitative estimate of drug-likeness (QED) is 0.156. The molecule has 1 saturated heterocycles. The van der Waals surface area contributed by atoms with Crippen LogP contribution in [0.1, 0.15) is 0 Å². The summed E-state index contributed by atoms with van der Waals surface area (Å²) in [6.07, 6.45) is 3.94. The third-order valence-corrected chi connectivity index (χ3v) is 7.61. The summed E-state index contributed by atoms with van der Waals surface area (Å²) in [4.78, 5) is 20.4. The summed E-state index contributed by atoms with van der Waals surface area (Å²) in [5.41, 5.74) is 6.54. The maximum Gasteiger partial charge on any atom is 0.0628 e. The number of rotatable bonds is 11. The molecule has 0 unspecified atom stereocenters. The SMILES string of the molecule is CN(C)c1ccc(N=CCN(CC=Nc2ccc(N(C)C)cc2)c2ccc(N3CCN(C([S-])[S-])CC3)cc2)cc1.[Au]. The molecule has 3 aromatic carbocycles. The molecule has 1 aliphatic rings. The zero-order chi connectivity index (χ0) is 28.5. The van der Waals surface area contributed by atoms with E-state index < -0.39 is 0 Å². The molecular formula is C31H39AuN7S2-2. The average molecular weight is 771 g/mol. The molecule has 0 aromatic heterocycles. The summed E-state index contributed by atoms with van der Waals surface area (Å²) in [5.74, 6) is 0. The molecule has 0 amide bonds. The van der Waals surface area contributed by atoms with Crippen LogP contribution in [0.4, 0.5) is 34.1 Å². The van der Waals surface area contributed by atoms with E-state index in [0.717, 1.165) is 54.6 Å². The monoisotopic (exact) mass is 770 g/mol. The Balaban J connectivity index is 0.00000462. The van der Waals surface area contributed by atoms with Gasteiger partial charge in [-0.25, -0.2) is 4.71 Å². The number of aliphatic imine (C=N–C) groups is 2. The van der Waals surface area contributed by atoms with Crippen molar-refractivity contribution in [3.8, 4) is 0 Å². The average Bonchev–Trinajstić information content (AvgIpc) is 2.97. The number of hydrogen-bond donors (Lipinski definition) is 0. The van der Waals surface area contributed by atoms with Gasteiger partial charge in [-0.1, -0.05) is 0 Å². The van der Waals surface area contributed by atoms with Crippen LogP contribution in [0, 0.1) is 0 Å². The van der Waals surface area contributed by atoms with E-state index in [9.17, 15) is 0 Å². The third-order valence-electron chi connectivity index (χ3n) is 7.01. The second-order valence-electron chi connectivity index (χ2n) is 10.2. The third kappa shape index (κ3) is 9.84. The first-order valence-corrected chi connectivity index (χ1v) is 14.5. The van der Waals surface area contributed by atoms with Crippen LogP contribution >= 0.6 is 0 Å². The van der Waals surface area contributed by atoms with Crippen LogP contribution in [-0.4, -0.2) is 89.5 Å². The molecule has 0 saturated carbocycles. The van der Waals surface area contributed by atoms with Crippen molar-refractivity contribution in [2.75, 3.05) is 87.1 Å². The van der Waals surface area contributed by atoms with Crippen LogP contribution in [0.25, 0.3) is 0 Å². The Kier molecular flexibility index (Phi) is 13.2. The Bertz CT molecular complexity index is 1180. The van der Waals surface area contributed by atoms with Crippen molar-refractivity contribution in [3.63, 3.8) is 0 Å². The summed E-state index contributed by atoms with van der Waals surface area (Å²) in [6.45, 7) is 5.01. The van der Waals surface area contributed by atoms with E-state index in [2.05, 4.69) is 73.0 Å². The minimum atomic E-state index is -0.224. The van der Waals surface area contributed by atoms with Crippen molar-refractivity contribution < 1.29 is 22.4 Å². The Morgan fingerprint density at radius 3 is 1.46 bits per heavy atom. The first-order valence-electron chi connectivity index (χ1n) is 13.6. The molecule has 223 valence electrons. The maximum absolute atomic E-state index is 5.26. The first kappa shape index (κ1) is 33.1.